The molecular formula is C13H17O2. The van der Waals surface area contributed by atoms with Gasteiger partial charge in [0.05, 0.1) is 13.7 Å². The molecule has 0 saturated heterocycles. The van der Waals surface area contributed by atoms with Crippen LogP contribution >= 0.6 is 0 Å². The van der Waals surface area contributed by atoms with Crippen LogP contribution in [0.15, 0.2) is 30.9 Å². The molecule has 0 heterocycles. The molecule has 1 aromatic carbocycles. The van der Waals surface area contributed by atoms with Crippen molar-refractivity contribution >= 4 is 0 Å². The number of hydrogen-bond donors (Lipinski definition) is 0. The van der Waals surface area contributed by atoms with Crippen LogP contribution in [0.3, 0.4) is 0 Å². The van der Waals surface area contributed by atoms with Gasteiger partial charge in [0.15, 0.2) is 11.5 Å². The second kappa shape index (κ2) is 5.44. The molecule has 2 nitrogen and oxygen atoms in total. The van der Waals surface area contributed by atoms with Crippen LogP contribution in [-0.2, 0) is 0 Å². The summed E-state index contributed by atoms with van der Waals surface area (Å²) in [6.45, 7) is 8.35. The Bertz CT molecular complexity index is 331. The minimum atomic E-state index is 0.623. The van der Waals surface area contributed by atoms with E-state index in [9.17, 15) is 0 Å². The van der Waals surface area contributed by atoms with E-state index >= 15 is 0 Å². The lowest BCUT2D eigenvalue weighted by molar-refractivity contribution is 0.309. The summed E-state index contributed by atoms with van der Waals surface area (Å²) < 4.78 is 10.8. The lowest BCUT2D eigenvalue weighted by atomic mass is 10.00. The lowest BCUT2D eigenvalue weighted by Gasteiger charge is -2.16. The zero-order chi connectivity index (χ0) is 11.3. The number of benzene rings is 1. The monoisotopic (exact) mass is 205 g/mol. The molecule has 0 aliphatic heterocycles. The minimum Gasteiger partial charge on any atom is -0.493 e. The van der Waals surface area contributed by atoms with Crippen LogP contribution in [0.1, 0.15) is 19.4 Å². The van der Waals surface area contributed by atoms with E-state index in [0.29, 0.717) is 6.61 Å². The summed E-state index contributed by atoms with van der Waals surface area (Å²) in [5.41, 5.74) is 1.03. The molecule has 0 aliphatic rings. The fourth-order valence-corrected chi connectivity index (χ4v) is 1.39. The van der Waals surface area contributed by atoms with E-state index in [-0.39, 0.29) is 0 Å². The standard InChI is InChI=1S/C13H17O2/c1-5-10(3)11-8-7-9-12(14-4)13(11)15-6-2/h5,7-9H,1,6H2,2-4H3. The van der Waals surface area contributed by atoms with Crippen molar-refractivity contribution < 1.29 is 9.47 Å². The van der Waals surface area contributed by atoms with Crippen LogP contribution in [0, 0.1) is 5.92 Å². The molecule has 0 aliphatic carbocycles. The Morgan fingerprint density at radius 3 is 2.73 bits per heavy atom. The van der Waals surface area contributed by atoms with Gasteiger partial charge in [-0.2, -0.15) is 0 Å². The number of allylic oxidation sites excluding steroid dienone is 1. The lowest BCUT2D eigenvalue weighted by Crippen LogP contribution is -2.01. The van der Waals surface area contributed by atoms with Crippen LogP contribution in [0.4, 0.5) is 0 Å². The molecule has 1 radical (unpaired) electrons. The zero-order valence-corrected chi connectivity index (χ0v) is 9.54. The van der Waals surface area contributed by atoms with Crippen molar-refractivity contribution in [3.63, 3.8) is 0 Å². The third kappa shape index (κ3) is 2.52. The second-order valence-electron chi connectivity index (χ2n) is 3.16. The number of hydrogen-bond acceptors (Lipinski definition) is 2. The normalized spacial score (nSPS) is 10.1. The molecule has 0 saturated carbocycles. The molecule has 0 bridgehead atoms. The molecule has 0 amide bonds. The van der Waals surface area contributed by atoms with Gasteiger partial charge in [0.25, 0.3) is 0 Å². The van der Waals surface area contributed by atoms with Crippen LogP contribution in [-0.4, -0.2) is 13.7 Å². The van der Waals surface area contributed by atoms with Gasteiger partial charge in [-0.25, -0.2) is 0 Å². The predicted octanol–water partition coefficient (Wildman–Crippen LogP) is 3.22. The highest BCUT2D eigenvalue weighted by molar-refractivity contribution is 5.54. The molecule has 81 valence electrons. The topological polar surface area (TPSA) is 18.5 Å². The van der Waals surface area contributed by atoms with E-state index in [1.54, 1.807) is 7.11 Å². The van der Waals surface area contributed by atoms with Gasteiger partial charge in [0.2, 0.25) is 0 Å². The maximum atomic E-state index is 5.59. The average molecular weight is 205 g/mol. The Labute approximate surface area is 91.5 Å². The first kappa shape index (κ1) is 11.6. The summed E-state index contributed by atoms with van der Waals surface area (Å²) in [4.78, 5) is 0. The second-order valence-corrected chi connectivity index (χ2v) is 3.16. The van der Waals surface area contributed by atoms with Crippen molar-refractivity contribution in [1.82, 2.24) is 0 Å². The quantitative estimate of drug-likeness (QED) is 0.734. The Hall–Kier alpha value is -1.44. The van der Waals surface area contributed by atoms with Crippen LogP contribution in [0.5, 0.6) is 11.5 Å². The smallest absolute Gasteiger partial charge is 0.165 e. The van der Waals surface area contributed by atoms with Gasteiger partial charge >= 0.3 is 0 Å². The largest absolute Gasteiger partial charge is 0.493 e. The van der Waals surface area contributed by atoms with E-state index in [2.05, 4.69) is 6.58 Å². The van der Waals surface area contributed by atoms with E-state index in [0.717, 1.165) is 23.0 Å². The summed E-state index contributed by atoms with van der Waals surface area (Å²) in [5.74, 6) is 2.63. The molecular weight excluding hydrogens is 188 g/mol. The van der Waals surface area contributed by atoms with Gasteiger partial charge in [-0.3, -0.25) is 0 Å². The van der Waals surface area contributed by atoms with E-state index < -0.39 is 0 Å². The fraction of sp³-hybridized carbons (Fsp3) is 0.308. The fourth-order valence-electron chi connectivity index (χ4n) is 1.39. The van der Waals surface area contributed by atoms with E-state index in [1.807, 2.05) is 38.1 Å². The molecule has 15 heavy (non-hydrogen) atoms. The van der Waals surface area contributed by atoms with Crippen molar-refractivity contribution in [3.05, 3.63) is 42.3 Å². The predicted molar refractivity (Wildman–Crippen MR) is 62.4 cm³/mol. The van der Waals surface area contributed by atoms with Crippen LogP contribution in [0.2, 0.25) is 0 Å². The summed E-state index contributed by atoms with van der Waals surface area (Å²) in [5, 5.41) is 0. The Kier molecular flexibility index (Phi) is 4.22. The van der Waals surface area contributed by atoms with Gasteiger partial charge in [0, 0.05) is 11.5 Å². The number of para-hydroxylation sites is 1. The van der Waals surface area contributed by atoms with Gasteiger partial charge in [0.1, 0.15) is 0 Å². The molecule has 1 aromatic rings. The van der Waals surface area contributed by atoms with Crippen molar-refractivity contribution in [3.8, 4) is 11.5 Å². The molecule has 0 aromatic heterocycles. The zero-order valence-electron chi connectivity index (χ0n) is 9.54. The maximum absolute atomic E-state index is 5.59. The molecule has 1 rings (SSSR count). The van der Waals surface area contributed by atoms with Crippen molar-refractivity contribution in [2.75, 3.05) is 13.7 Å². The highest BCUT2D eigenvalue weighted by Gasteiger charge is 2.13. The summed E-state index contributed by atoms with van der Waals surface area (Å²) >= 11 is 0. The molecule has 0 atom stereocenters. The van der Waals surface area contributed by atoms with E-state index in [1.165, 1.54) is 0 Å². The summed E-state index contributed by atoms with van der Waals surface area (Å²) in [6, 6.07) is 5.85. The molecule has 0 fully saturated rings. The van der Waals surface area contributed by atoms with Crippen LogP contribution < -0.4 is 9.47 Å². The number of rotatable bonds is 5. The maximum Gasteiger partial charge on any atom is 0.165 e. The molecule has 0 N–H and O–H groups in total. The number of methoxy groups -OCH3 is 1. The first-order valence-corrected chi connectivity index (χ1v) is 5.00. The van der Waals surface area contributed by atoms with Gasteiger partial charge in [-0.15, -0.1) is 6.58 Å². The molecule has 0 unspecified atom stereocenters. The Morgan fingerprint density at radius 1 is 1.47 bits per heavy atom. The van der Waals surface area contributed by atoms with Crippen molar-refractivity contribution in [1.29, 1.82) is 0 Å². The first-order valence-electron chi connectivity index (χ1n) is 5.00. The third-order valence-corrected chi connectivity index (χ3v) is 2.22. The van der Waals surface area contributed by atoms with Crippen LogP contribution in [0.25, 0.3) is 0 Å². The highest BCUT2D eigenvalue weighted by atomic mass is 16.5. The minimum absolute atomic E-state index is 0.623. The molecule has 2 heteroatoms. The summed E-state index contributed by atoms with van der Waals surface area (Å²) in [6.07, 6.45) is 1.82. The third-order valence-electron chi connectivity index (χ3n) is 2.22. The Balaban J connectivity index is 3.17. The number of ether oxygens (including phenoxy) is 2. The first-order chi connectivity index (χ1) is 7.24. The van der Waals surface area contributed by atoms with Gasteiger partial charge in [-0.1, -0.05) is 25.1 Å². The van der Waals surface area contributed by atoms with Crippen molar-refractivity contribution in [2.24, 2.45) is 0 Å². The molecule has 0 spiro atoms. The van der Waals surface area contributed by atoms with E-state index in [4.69, 9.17) is 9.47 Å². The van der Waals surface area contributed by atoms with Gasteiger partial charge < -0.3 is 9.47 Å². The van der Waals surface area contributed by atoms with Gasteiger partial charge in [-0.05, 0) is 13.0 Å². The van der Waals surface area contributed by atoms with Crippen molar-refractivity contribution in [2.45, 2.75) is 13.8 Å². The highest BCUT2D eigenvalue weighted by Crippen LogP contribution is 2.35. The SMILES string of the molecule is C=C[C](C)c1cccc(OC)c1OCC. The average Bonchev–Trinajstić information content (AvgIpc) is 2.28. The Morgan fingerprint density at radius 2 is 2.20 bits per heavy atom. The summed E-state index contributed by atoms with van der Waals surface area (Å²) in [7, 11) is 1.64.